The number of fused-ring (bicyclic) bond motifs is 1. The Morgan fingerprint density at radius 3 is 2.80 bits per heavy atom. The first-order valence-electron chi connectivity index (χ1n) is 6.26. The van der Waals surface area contributed by atoms with Crippen LogP contribution in [0.25, 0.3) is 10.9 Å². The van der Waals surface area contributed by atoms with Gasteiger partial charge in [-0.3, -0.25) is 19.8 Å². The first-order chi connectivity index (χ1) is 9.60. The second-order valence-corrected chi connectivity index (χ2v) is 4.77. The predicted molar refractivity (Wildman–Crippen MR) is 73.8 cm³/mol. The Morgan fingerprint density at radius 1 is 1.30 bits per heavy atom. The minimum absolute atomic E-state index is 0.255. The van der Waals surface area contributed by atoms with Crippen LogP contribution < -0.4 is 10.2 Å². The summed E-state index contributed by atoms with van der Waals surface area (Å²) in [6.07, 6.45) is 2.88. The van der Waals surface area contributed by atoms with E-state index in [1.165, 1.54) is 4.90 Å². The number of aromatic nitrogens is 1. The third-order valence-corrected chi connectivity index (χ3v) is 3.48. The van der Waals surface area contributed by atoms with Crippen molar-refractivity contribution in [2.75, 3.05) is 11.4 Å². The first kappa shape index (κ1) is 12.4. The maximum atomic E-state index is 12.0. The smallest absolute Gasteiger partial charge is 0.328 e. The third kappa shape index (κ3) is 1.85. The van der Waals surface area contributed by atoms with Gasteiger partial charge in [-0.25, -0.2) is 4.79 Å². The second-order valence-electron chi connectivity index (χ2n) is 4.77. The molecule has 0 bridgehead atoms. The van der Waals surface area contributed by atoms with Gasteiger partial charge in [-0.05, 0) is 18.2 Å². The fraction of sp³-hybridized carbons (Fsp3) is 0.214. The summed E-state index contributed by atoms with van der Waals surface area (Å²) in [6, 6.07) is 4.89. The third-order valence-electron chi connectivity index (χ3n) is 3.48. The normalized spacial score (nSPS) is 15.6. The summed E-state index contributed by atoms with van der Waals surface area (Å²) in [7, 11) is 1.88. The largest absolute Gasteiger partial charge is 0.350 e. The summed E-state index contributed by atoms with van der Waals surface area (Å²) in [4.78, 5) is 35.7. The summed E-state index contributed by atoms with van der Waals surface area (Å²) >= 11 is 0. The zero-order valence-corrected chi connectivity index (χ0v) is 10.9. The number of carbonyl (C=O) groups excluding carboxylic acids is 3. The summed E-state index contributed by atoms with van der Waals surface area (Å²) in [5, 5.41) is 3.17. The van der Waals surface area contributed by atoms with E-state index in [4.69, 9.17) is 0 Å². The SMILES string of the molecule is Cn1ccc2c(N3CCC(=O)NC3=O)cc(C=O)cc21. The Balaban J connectivity index is 2.17. The highest BCUT2D eigenvalue weighted by molar-refractivity contribution is 6.10. The van der Waals surface area contributed by atoms with Gasteiger partial charge in [0.1, 0.15) is 6.29 Å². The highest BCUT2D eigenvalue weighted by atomic mass is 16.2. The minimum Gasteiger partial charge on any atom is -0.350 e. The summed E-state index contributed by atoms with van der Waals surface area (Å²) in [6.45, 7) is 0.316. The fourth-order valence-electron chi connectivity index (χ4n) is 2.46. The molecule has 1 aromatic carbocycles. The van der Waals surface area contributed by atoms with Crippen molar-refractivity contribution < 1.29 is 14.4 Å². The van der Waals surface area contributed by atoms with E-state index in [1.54, 1.807) is 12.1 Å². The van der Waals surface area contributed by atoms with Crippen molar-refractivity contribution in [3.05, 3.63) is 30.0 Å². The van der Waals surface area contributed by atoms with Crippen molar-refractivity contribution in [2.45, 2.75) is 6.42 Å². The molecule has 102 valence electrons. The van der Waals surface area contributed by atoms with Crippen molar-refractivity contribution in [2.24, 2.45) is 7.05 Å². The molecule has 2 heterocycles. The highest BCUT2D eigenvalue weighted by Gasteiger charge is 2.26. The highest BCUT2D eigenvalue weighted by Crippen LogP contribution is 2.30. The van der Waals surface area contributed by atoms with Gasteiger partial charge in [-0.15, -0.1) is 0 Å². The molecular weight excluding hydrogens is 258 g/mol. The Hall–Kier alpha value is -2.63. The molecule has 1 aliphatic rings. The molecule has 0 radical (unpaired) electrons. The zero-order valence-electron chi connectivity index (χ0n) is 10.9. The van der Waals surface area contributed by atoms with Crippen LogP contribution in [0.2, 0.25) is 0 Å². The summed E-state index contributed by atoms with van der Waals surface area (Å²) in [5.74, 6) is -0.276. The molecule has 3 amide bonds. The van der Waals surface area contributed by atoms with Gasteiger partial charge in [-0.2, -0.15) is 0 Å². The predicted octanol–water partition coefficient (Wildman–Crippen LogP) is 1.44. The van der Waals surface area contributed by atoms with Crippen LogP contribution in [-0.4, -0.2) is 29.3 Å². The average molecular weight is 271 g/mol. The number of anilines is 1. The molecule has 0 spiro atoms. The molecule has 20 heavy (non-hydrogen) atoms. The average Bonchev–Trinajstić information content (AvgIpc) is 2.80. The van der Waals surface area contributed by atoms with Crippen LogP contribution in [0.5, 0.6) is 0 Å². The zero-order chi connectivity index (χ0) is 14.3. The number of aryl methyl sites for hydroxylation is 1. The number of amides is 3. The number of nitrogens with zero attached hydrogens (tertiary/aromatic N) is 2. The van der Waals surface area contributed by atoms with E-state index in [9.17, 15) is 14.4 Å². The molecule has 6 nitrogen and oxygen atoms in total. The van der Waals surface area contributed by atoms with Crippen molar-refractivity contribution in [1.29, 1.82) is 0 Å². The fourth-order valence-corrected chi connectivity index (χ4v) is 2.46. The number of carbonyl (C=O) groups is 3. The van der Waals surface area contributed by atoms with Crippen LogP contribution in [0.1, 0.15) is 16.8 Å². The minimum atomic E-state index is -0.450. The Bertz CT molecular complexity index is 733. The molecule has 6 heteroatoms. The van der Waals surface area contributed by atoms with Gasteiger partial charge in [-0.1, -0.05) is 0 Å². The monoisotopic (exact) mass is 271 g/mol. The molecule has 2 aromatic rings. The first-order valence-corrected chi connectivity index (χ1v) is 6.26. The van der Waals surface area contributed by atoms with Crippen molar-refractivity contribution in [1.82, 2.24) is 9.88 Å². The number of hydrogen-bond donors (Lipinski definition) is 1. The lowest BCUT2D eigenvalue weighted by atomic mass is 10.1. The topological polar surface area (TPSA) is 71.4 Å². The lowest BCUT2D eigenvalue weighted by Crippen LogP contribution is -2.49. The van der Waals surface area contributed by atoms with Crippen molar-refractivity contribution in [3.8, 4) is 0 Å². The van der Waals surface area contributed by atoms with Gasteiger partial charge in [0.15, 0.2) is 0 Å². The number of urea groups is 1. The van der Waals surface area contributed by atoms with E-state index in [1.807, 2.05) is 23.9 Å². The van der Waals surface area contributed by atoms with Gasteiger partial charge in [0.25, 0.3) is 0 Å². The second kappa shape index (κ2) is 4.48. The van der Waals surface area contributed by atoms with Crippen LogP contribution in [0.3, 0.4) is 0 Å². The molecule has 0 aliphatic carbocycles. The molecule has 0 saturated carbocycles. The van der Waals surface area contributed by atoms with E-state index < -0.39 is 6.03 Å². The van der Waals surface area contributed by atoms with Gasteiger partial charge in [0.05, 0.1) is 11.2 Å². The van der Waals surface area contributed by atoms with E-state index in [-0.39, 0.29) is 12.3 Å². The number of hydrogen-bond acceptors (Lipinski definition) is 3. The maximum Gasteiger partial charge on any atom is 0.328 e. The standard InChI is InChI=1S/C14H13N3O3/c1-16-4-2-10-11(16)6-9(8-18)7-12(10)17-5-3-13(19)15-14(17)20/h2,4,6-8H,3,5H2,1H3,(H,15,19,20). The Kier molecular flexibility index (Phi) is 2.78. The molecule has 1 N–H and O–H groups in total. The number of benzene rings is 1. The van der Waals surface area contributed by atoms with Crippen LogP contribution >= 0.6 is 0 Å². The number of nitrogens with one attached hydrogen (secondary N) is 1. The molecule has 3 rings (SSSR count). The van der Waals surface area contributed by atoms with Gasteiger partial charge >= 0.3 is 6.03 Å². The van der Waals surface area contributed by atoms with Crippen LogP contribution in [-0.2, 0) is 11.8 Å². The molecule has 1 aliphatic heterocycles. The van der Waals surface area contributed by atoms with Gasteiger partial charge < -0.3 is 4.57 Å². The summed E-state index contributed by atoms with van der Waals surface area (Å²) < 4.78 is 1.89. The van der Waals surface area contributed by atoms with Crippen molar-refractivity contribution >= 4 is 34.8 Å². The van der Waals surface area contributed by atoms with E-state index in [2.05, 4.69) is 5.32 Å². The Morgan fingerprint density at radius 2 is 2.10 bits per heavy atom. The molecule has 1 saturated heterocycles. The molecular formula is C14H13N3O3. The Labute approximate surface area is 115 Å². The van der Waals surface area contributed by atoms with Crippen molar-refractivity contribution in [3.63, 3.8) is 0 Å². The van der Waals surface area contributed by atoms with Crippen LogP contribution in [0.15, 0.2) is 24.4 Å². The van der Waals surface area contributed by atoms with E-state index in [0.29, 0.717) is 17.8 Å². The number of rotatable bonds is 2. The summed E-state index contributed by atoms with van der Waals surface area (Å²) in [5.41, 5.74) is 2.02. The molecule has 1 aromatic heterocycles. The lowest BCUT2D eigenvalue weighted by Gasteiger charge is -2.27. The molecule has 0 atom stereocenters. The van der Waals surface area contributed by atoms with Gasteiger partial charge in [0.2, 0.25) is 5.91 Å². The maximum absolute atomic E-state index is 12.0. The quantitative estimate of drug-likeness (QED) is 0.840. The van der Waals surface area contributed by atoms with Crippen LogP contribution in [0, 0.1) is 0 Å². The van der Waals surface area contributed by atoms with E-state index in [0.717, 1.165) is 17.2 Å². The van der Waals surface area contributed by atoms with Gasteiger partial charge in [0, 0.05) is 37.2 Å². The molecule has 1 fully saturated rings. The number of imide groups is 1. The lowest BCUT2D eigenvalue weighted by molar-refractivity contribution is -0.120. The van der Waals surface area contributed by atoms with E-state index >= 15 is 0 Å². The number of aldehydes is 1. The van der Waals surface area contributed by atoms with Crippen LogP contribution in [0.4, 0.5) is 10.5 Å². The molecule has 0 unspecified atom stereocenters.